The van der Waals surface area contributed by atoms with Gasteiger partial charge in [0, 0.05) is 10.9 Å². The summed E-state index contributed by atoms with van der Waals surface area (Å²) in [6.07, 6.45) is 0. The van der Waals surface area contributed by atoms with Gasteiger partial charge in [-0.3, -0.25) is 0 Å². The molecule has 0 atom stereocenters. The molecule has 0 aromatic carbocycles. The Morgan fingerprint density at radius 2 is 1.94 bits per heavy atom. The van der Waals surface area contributed by atoms with Crippen LogP contribution in [0.4, 0.5) is 0 Å². The predicted octanol–water partition coefficient (Wildman–Crippen LogP) is 2.21. The molecule has 0 amide bonds. The Morgan fingerprint density at radius 1 is 1.18 bits per heavy atom. The monoisotopic (exact) mass is 249 g/mol. The second kappa shape index (κ2) is 4.34. The molecule has 0 radical (unpaired) electrons. The zero-order chi connectivity index (χ0) is 12.4. The highest BCUT2D eigenvalue weighted by Gasteiger charge is 2.11. The van der Waals surface area contributed by atoms with Crippen molar-refractivity contribution < 1.29 is 19.8 Å². The van der Waals surface area contributed by atoms with Crippen molar-refractivity contribution in [1.82, 2.24) is 4.98 Å². The van der Waals surface area contributed by atoms with Crippen LogP contribution in [0.2, 0.25) is 0 Å². The van der Waals surface area contributed by atoms with Crippen molar-refractivity contribution in [2.45, 2.75) is 0 Å². The Labute approximate surface area is 100.0 Å². The summed E-state index contributed by atoms with van der Waals surface area (Å²) < 4.78 is 0. The maximum absolute atomic E-state index is 10.7. The van der Waals surface area contributed by atoms with Crippen molar-refractivity contribution in [1.29, 1.82) is 0 Å². The molecule has 0 spiro atoms. The van der Waals surface area contributed by atoms with Crippen molar-refractivity contribution in [2.75, 3.05) is 0 Å². The summed E-state index contributed by atoms with van der Waals surface area (Å²) in [4.78, 5) is 25.6. The van der Waals surface area contributed by atoms with Crippen LogP contribution in [0.1, 0.15) is 20.2 Å². The van der Waals surface area contributed by atoms with Crippen LogP contribution in [0.25, 0.3) is 11.3 Å². The molecule has 6 heteroatoms. The maximum atomic E-state index is 10.7. The van der Waals surface area contributed by atoms with E-state index < -0.39 is 11.9 Å². The Balaban J connectivity index is 2.42. The van der Waals surface area contributed by atoms with E-state index in [0.29, 0.717) is 11.3 Å². The zero-order valence-electron chi connectivity index (χ0n) is 8.45. The summed E-state index contributed by atoms with van der Waals surface area (Å²) in [5.41, 5.74) is 0.995. The van der Waals surface area contributed by atoms with E-state index in [4.69, 9.17) is 10.2 Å². The maximum Gasteiger partial charge on any atom is 0.354 e. The van der Waals surface area contributed by atoms with Gasteiger partial charge < -0.3 is 10.2 Å². The zero-order valence-corrected chi connectivity index (χ0v) is 9.27. The summed E-state index contributed by atoms with van der Waals surface area (Å²) in [7, 11) is 0. The third-order valence-corrected chi connectivity index (χ3v) is 2.99. The first-order valence-electron chi connectivity index (χ1n) is 4.60. The fourth-order valence-electron chi connectivity index (χ4n) is 1.30. The fourth-order valence-corrected chi connectivity index (χ4v) is 2.04. The van der Waals surface area contributed by atoms with Gasteiger partial charge in [-0.05, 0) is 18.2 Å². The molecule has 0 bridgehead atoms. The molecule has 0 aliphatic carbocycles. The summed E-state index contributed by atoms with van der Waals surface area (Å²) in [6, 6.07) is 6.07. The molecule has 17 heavy (non-hydrogen) atoms. The number of aromatic nitrogens is 1. The molecule has 2 aromatic heterocycles. The number of carboxylic acid groups (broad SMARTS) is 2. The van der Waals surface area contributed by atoms with Crippen LogP contribution in [0, 0.1) is 0 Å². The molecule has 2 aromatic rings. The topological polar surface area (TPSA) is 87.5 Å². The van der Waals surface area contributed by atoms with Crippen molar-refractivity contribution >= 4 is 23.3 Å². The smallest absolute Gasteiger partial charge is 0.354 e. The highest BCUT2D eigenvalue weighted by molar-refractivity contribution is 7.12. The van der Waals surface area contributed by atoms with Gasteiger partial charge in [0.2, 0.25) is 0 Å². The lowest BCUT2D eigenvalue weighted by Gasteiger charge is -1.98. The number of pyridine rings is 1. The minimum atomic E-state index is -1.11. The standard InChI is InChI=1S/C11H7NO4S/c13-10(14)8-3-1-2-7(12-8)6-4-9(11(15)16)17-5-6/h1-5H,(H,13,14)(H,15,16). The largest absolute Gasteiger partial charge is 0.477 e. The van der Waals surface area contributed by atoms with E-state index in [9.17, 15) is 9.59 Å². The van der Waals surface area contributed by atoms with Gasteiger partial charge in [0.15, 0.2) is 0 Å². The summed E-state index contributed by atoms with van der Waals surface area (Å²) in [5.74, 6) is -2.11. The SMILES string of the molecule is O=C(O)c1cccc(-c2csc(C(=O)O)c2)n1. The highest BCUT2D eigenvalue weighted by atomic mass is 32.1. The van der Waals surface area contributed by atoms with Crippen molar-refractivity contribution in [3.05, 3.63) is 40.2 Å². The molecule has 0 aliphatic rings. The minimum absolute atomic E-state index is 0.0643. The lowest BCUT2D eigenvalue weighted by molar-refractivity contribution is 0.0684. The average Bonchev–Trinajstić information content (AvgIpc) is 2.78. The van der Waals surface area contributed by atoms with Crippen LogP contribution in [0.5, 0.6) is 0 Å². The molecule has 2 N–H and O–H groups in total. The van der Waals surface area contributed by atoms with Crippen LogP contribution in [0.3, 0.4) is 0 Å². The highest BCUT2D eigenvalue weighted by Crippen LogP contribution is 2.24. The Bertz CT molecular complexity index is 591. The second-order valence-corrected chi connectivity index (χ2v) is 4.13. The van der Waals surface area contributed by atoms with Crippen LogP contribution in [-0.4, -0.2) is 27.1 Å². The first-order chi connectivity index (χ1) is 8.08. The van der Waals surface area contributed by atoms with Crippen LogP contribution >= 0.6 is 11.3 Å². The normalized spacial score (nSPS) is 10.1. The number of hydrogen-bond donors (Lipinski definition) is 2. The van der Waals surface area contributed by atoms with Gasteiger partial charge in [-0.25, -0.2) is 14.6 Å². The number of aromatic carboxylic acids is 2. The third kappa shape index (κ3) is 2.31. The lowest BCUT2D eigenvalue weighted by atomic mass is 10.2. The van der Waals surface area contributed by atoms with E-state index >= 15 is 0 Å². The summed E-state index contributed by atoms with van der Waals surface area (Å²) in [5, 5.41) is 19.2. The third-order valence-electron chi connectivity index (χ3n) is 2.07. The van der Waals surface area contributed by atoms with E-state index in [-0.39, 0.29) is 10.6 Å². The van der Waals surface area contributed by atoms with Crippen LogP contribution < -0.4 is 0 Å². The summed E-state index contributed by atoms with van der Waals surface area (Å²) in [6.45, 7) is 0. The molecule has 0 saturated carbocycles. The van der Waals surface area contributed by atoms with Crippen molar-refractivity contribution in [3.8, 4) is 11.3 Å². The lowest BCUT2D eigenvalue weighted by Crippen LogP contribution is -2.00. The number of thiophene rings is 1. The Kier molecular flexibility index (Phi) is 2.88. The number of hydrogen-bond acceptors (Lipinski definition) is 4. The van der Waals surface area contributed by atoms with E-state index in [1.807, 2.05) is 0 Å². The molecule has 0 aliphatic heterocycles. The predicted molar refractivity (Wildman–Crippen MR) is 61.5 cm³/mol. The van der Waals surface area contributed by atoms with Gasteiger partial charge >= 0.3 is 11.9 Å². The Morgan fingerprint density at radius 3 is 2.53 bits per heavy atom. The Hall–Kier alpha value is -2.21. The number of carbonyl (C=O) groups is 2. The molecular formula is C11H7NO4S. The molecule has 5 nitrogen and oxygen atoms in total. The number of rotatable bonds is 3. The fraction of sp³-hybridized carbons (Fsp3) is 0. The van der Waals surface area contributed by atoms with Gasteiger partial charge in [0.05, 0.1) is 5.69 Å². The molecule has 86 valence electrons. The van der Waals surface area contributed by atoms with Crippen LogP contribution in [-0.2, 0) is 0 Å². The molecule has 0 saturated heterocycles. The van der Waals surface area contributed by atoms with Crippen molar-refractivity contribution in [3.63, 3.8) is 0 Å². The average molecular weight is 249 g/mol. The van der Waals surface area contributed by atoms with Gasteiger partial charge in [-0.2, -0.15) is 0 Å². The molecular weight excluding hydrogens is 242 g/mol. The van der Waals surface area contributed by atoms with Gasteiger partial charge in [-0.1, -0.05) is 6.07 Å². The quantitative estimate of drug-likeness (QED) is 0.870. The molecule has 0 unspecified atom stereocenters. The number of nitrogens with zero attached hydrogens (tertiary/aromatic N) is 1. The molecule has 2 heterocycles. The van der Waals surface area contributed by atoms with Crippen molar-refractivity contribution in [2.24, 2.45) is 0 Å². The van der Waals surface area contributed by atoms with Gasteiger partial charge in [0.1, 0.15) is 10.6 Å². The summed E-state index contributed by atoms with van der Waals surface area (Å²) >= 11 is 1.08. The first kappa shape index (κ1) is 11.3. The van der Waals surface area contributed by atoms with Gasteiger partial charge in [-0.15, -0.1) is 11.3 Å². The van der Waals surface area contributed by atoms with E-state index in [0.717, 1.165) is 11.3 Å². The molecule has 2 rings (SSSR count). The van der Waals surface area contributed by atoms with Crippen LogP contribution in [0.15, 0.2) is 29.6 Å². The molecule has 0 fully saturated rings. The van der Waals surface area contributed by atoms with Gasteiger partial charge in [0.25, 0.3) is 0 Å². The van der Waals surface area contributed by atoms with E-state index in [1.165, 1.54) is 12.1 Å². The number of carboxylic acids is 2. The van der Waals surface area contributed by atoms with E-state index in [2.05, 4.69) is 4.98 Å². The minimum Gasteiger partial charge on any atom is -0.477 e. The van der Waals surface area contributed by atoms with E-state index in [1.54, 1.807) is 17.5 Å². The second-order valence-electron chi connectivity index (χ2n) is 3.22. The first-order valence-corrected chi connectivity index (χ1v) is 5.48.